The van der Waals surface area contributed by atoms with Gasteiger partial charge in [-0.2, -0.15) is 0 Å². The number of H-pyrrole nitrogens is 1. The summed E-state index contributed by atoms with van der Waals surface area (Å²) in [5, 5.41) is 14.3. The van der Waals surface area contributed by atoms with Crippen LogP contribution in [-0.4, -0.2) is 49.3 Å². The smallest absolute Gasteiger partial charge is 0.252 e. The quantitative estimate of drug-likeness (QED) is 0.475. The van der Waals surface area contributed by atoms with Crippen molar-refractivity contribution < 1.29 is 4.74 Å². The molecule has 1 aliphatic carbocycles. The van der Waals surface area contributed by atoms with Gasteiger partial charge in [0.2, 0.25) is 0 Å². The number of benzene rings is 1. The van der Waals surface area contributed by atoms with Crippen LogP contribution in [0.15, 0.2) is 23.0 Å². The molecular formula is C28H40N6O2. The zero-order valence-electron chi connectivity index (χ0n) is 22.2. The van der Waals surface area contributed by atoms with Crippen LogP contribution in [0.2, 0.25) is 0 Å². The summed E-state index contributed by atoms with van der Waals surface area (Å²) in [5.41, 5.74) is 3.95. The lowest BCUT2D eigenvalue weighted by molar-refractivity contribution is 0.0375. The normalized spacial score (nSPS) is 20.1. The molecule has 2 fully saturated rings. The number of ether oxygens (including phenoxy) is 1. The maximum Gasteiger partial charge on any atom is 0.252 e. The number of hydrogen-bond donors (Lipinski definition) is 1. The molecule has 0 spiro atoms. The zero-order chi connectivity index (χ0) is 25.2. The highest BCUT2D eigenvalue weighted by molar-refractivity contribution is 5.82. The van der Waals surface area contributed by atoms with E-state index in [2.05, 4.69) is 76.0 Å². The number of nitrogens with one attached hydrogen (secondary N) is 1. The van der Waals surface area contributed by atoms with Crippen LogP contribution in [0.5, 0.6) is 0 Å². The third kappa shape index (κ3) is 5.25. The van der Waals surface area contributed by atoms with Crippen LogP contribution < -0.4 is 5.56 Å². The lowest BCUT2D eigenvalue weighted by atomic mass is 9.94. The van der Waals surface area contributed by atoms with Crippen molar-refractivity contribution >= 4 is 10.9 Å². The van der Waals surface area contributed by atoms with Crippen LogP contribution in [0.3, 0.4) is 0 Å². The number of nitrogens with zero attached hydrogens (tertiary/aromatic N) is 5. The van der Waals surface area contributed by atoms with E-state index in [1.165, 1.54) is 24.8 Å². The van der Waals surface area contributed by atoms with Gasteiger partial charge in [-0.05, 0) is 79.0 Å². The van der Waals surface area contributed by atoms with Gasteiger partial charge in [0.15, 0.2) is 5.82 Å². The lowest BCUT2D eigenvalue weighted by Crippen LogP contribution is -2.40. The maximum atomic E-state index is 13.3. The first-order valence-corrected chi connectivity index (χ1v) is 13.7. The van der Waals surface area contributed by atoms with E-state index < -0.39 is 0 Å². The molecule has 2 aliphatic rings. The van der Waals surface area contributed by atoms with Crippen molar-refractivity contribution in [1.82, 2.24) is 30.1 Å². The maximum absolute atomic E-state index is 13.3. The van der Waals surface area contributed by atoms with Crippen LogP contribution >= 0.6 is 0 Å². The highest BCUT2D eigenvalue weighted by Crippen LogP contribution is 2.34. The van der Waals surface area contributed by atoms with E-state index in [4.69, 9.17) is 4.74 Å². The molecule has 0 radical (unpaired) electrons. The molecule has 2 unspecified atom stereocenters. The van der Waals surface area contributed by atoms with E-state index in [0.717, 1.165) is 66.7 Å². The number of fused-ring (bicyclic) bond motifs is 1. The van der Waals surface area contributed by atoms with Crippen LogP contribution in [0.4, 0.5) is 0 Å². The first-order valence-electron chi connectivity index (χ1n) is 13.7. The summed E-state index contributed by atoms with van der Waals surface area (Å²) < 4.78 is 8.15. The van der Waals surface area contributed by atoms with E-state index in [1.54, 1.807) is 0 Å². The minimum absolute atomic E-state index is 0.0135. The first kappa shape index (κ1) is 25.1. The fraction of sp³-hybridized carbons (Fsp3) is 0.643. The lowest BCUT2D eigenvalue weighted by Gasteiger charge is -2.36. The largest absolute Gasteiger partial charge is 0.377 e. The third-order valence-electron chi connectivity index (χ3n) is 7.93. The number of pyridine rings is 1. The summed E-state index contributed by atoms with van der Waals surface area (Å²) in [6.45, 7) is 10.7. The summed E-state index contributed by atoms with van der Waals surface area (Å²) in [6.07, 6.45) is 8.27. The summed E-state index contributed by atoms with van der Waals surface area (Å²) in [6, 6.07) is 6.67. The van der Waals surface area contributed by atoms with Crippen LogP contribution in [0.1, 0.15) is 93.4 Å². The highest BCUT2D eigenvalue weighted by Gasteiger charge is 2.34. The minimum Gasteiger partial charge on any atom is -0.377 e. The van der Waals surface area contributed by atoms with Gasteiger partial charge in [0.05, 0.1) is 23.7 Å². The summed E-state index contributed by atoms with van der Waals surface area (Å²) >= 11 is 0. The predicted octanol–water partition coefficient (Wildman–Crippen LogP) is 5.01. The van der Waals surface area contributed by atoms with E-state index >= 15 is 0 Å². The van der Waals surface area contributed by atoms with Gasteiger partial charge < -0.3 is 9.72 Å². The molecule has 1 saturated heterocycles. The molecule has 2 atom stereocenters. The Kier molecular flexibility index (Phi) is 7.53. The van der Waals surface area contributed by atoms with Crippen molar-refractivity contribution in [2.45, 2.75) is 97.4 Å². The van der Waals surface area contributed by atoms with Gasteiger partial charge in [0.25, 0.3) is 5.56 Å². The molecule has 8 nitrogen and oxygen atoms in total. The molecule has 5 rings (SSSR count). The summed E-state index contributed by atoms with van der Waals surface area (Å²) in [5.74, 6) is 1.18. The second-order valence-corrected chi connectivity index (χ2v) is 11.2. The van der Waals surface area contributed by atoms with Crippen molar-refractivity contribution in [3.05, 3.63) is 51.1 Å². The average Bonchev–Trinajstić information content (AvgIpc) is 3.53. The van der Waals surface area contributed by atoms with Crippen molar-refractivity contribution in [3.63, 3.8) is 0 Å². The Morgan fingerprint density at radius 3 is 2.64 bits per heavy atom. The second-order valence-electron chi connectivity index (χ2n) is 11.2. The Balaban J connectivity index is 1.53. The molecule has 8 heteroatoms. The third-order valence-corrected chi connectivity index (χ3v) is 7.93. The van der Waals surface area contributed by atoms with Crippen LogP contribution in [0, 0.1) is 19.8 Å². The Labute approximate surface area is 213 Å². The number of aromatic amines is 1. The van der Waals surface area contributed by atoms with Crippen LogP contribution in [-0.2, 0) is 11.3 Å². The van der Waals surface area contributed by atoms with Gasteiger partial charge in [-0.25, -0.2) is 4.68 Å². The molecule has 1 saturated carbocycles. The number of aryl methyl sites for hydroxylation is 2. The SMILES string of the molecule is Cc1cc(C)c2[nH]c(=O)c(CN(CC3CCCO3)C(c3nnnn3C3CCCCC3)C(C)C)cc2c1. The van der Waals surface area contributed by atoms with E-state index in [0.29, 0.717) is 12.6 Å². The summed E-state index contributed by atoms with van der Waals surface area (Å²) in [7, 11) is 0. The number of rotatable bonds is 8. The first-order chi connectivity index (χ1) is 17.4. The van der Waals surface area contributed by atoms with E-state index in [1.807, 2.05) is 0 Å². The van der Waals surface area contributed by atoms with Gasteiger partial charge in [0.1, 0.15) is 0 Å². The molecule has 1 N–H and O–H groups in total. The fourth-order valence-electron chi connectivity index (χ4n) is 6.26. The van der Waals surface area contributed by atoms with E-state index in [9.17, 15) is 4.79 Å². The fourth-order valence-corrected chi connectivity index (χ4v) is 6.26. The highest BCUT2D eigenvalue weighted by atomic mass is 16.5. The molecule has 3 aromatic rings. The molecule has 36 heavy (non-hydrogen) atoms. The number of tetrazole rings is 1. The number of aromatic nitrogens is 5. The van der Waals surface area contributed by atoms with Gasteiger partial charge in [0, 0.05) is 25.3 Å². The Morgan fingerprint density at radius 1 is 1.11 bits per heavy atom. The topological polar surface area (TPSA) is 88.9 Å². The minimum atomic E-state index is -0.0267. The molecule has 3 heterocycles. The van der Waals surface area contributed by atoms with Crippen LogP contribution in [0.25, 0.3) is 10.9 Å². The number of hydrogen-bond acceptors (Lipinski definition) is 6. The van der Waals surface area contributed by atoms with Crippen molar-refractivity contribution in [2.24, 2.45) is 5.92 Å². The molecule has 194 valence electrons. The standard InChI is InChI=1S/C28H40N6O2/c1-18(2)26(27-30-31-32-34(27)23-9-6-5-7-10-23)33(17-24-11-8-12-36-24)16-22-15-21-14-19(3)13-20(4)25(21)29-28(22)35/h13-15,18,23-24,26H,5-12,16-17H2,1-4H3,(H,29,35). The molecule has 1 aromatic carbocycles. The van der Waals surface area contributed by atoms with Crippen molar-refractivity contribution in [1.29, 1.82) is 0 Å². The molecular weight excluding hydrogens is 452 g/mol. The second kappa shape index (κ2) is 10.8. The monoisotopic (exact) mass is 492 g/mol. The Bertz CT molecular complexity index is 1240. The zero-order valence-corrected chi connectivity index (χ0v) is 22.2. The van der Waals surface area contributed by atoms with Gasteiger partial charge in [-0.15, -0.1) is 5.10 Å². The Morgan fingerprint density at radius 2 is 1.92 bits per heavy atom. The van der Waals surface area contributed by atoms with Gasteiger partial charge >= 0.3 is 0 Å². The van der Waals surface area contributed by atoms with Crippen molar-refractivity contribution in [2.75, 3.05) is 13.2 Å². The van der Waals surface area contributed by atoms with Gasteiger partial charge in [-0.3, -0.25) is 9.69 Å². The average molecular weight is 493 g/mol. The predicted molar refractivity (Wildman–Crippen MR) is 141 cm³/mol. The molecule has 0 amide bonds. The molecule has 2 aromatic heterocycles. The van der Waals surface area contributed by atoms with Gasteiger partial charge in [-0.1, -0.05) is 44.7 Å². The van der Waals surface area contributed by atoms with E-state index in [-0.39, 0.29) is 23.6 Å². The van der Waals surface area contributed by atoms with Crippen molar-refractivity contribution in [3.8, 4) is 0 Å². The molecule has 0 bridgehead atoms. The Hall–Kier alpha value is -2.58. The molecule has 1 aliphatic heterocycles. The summed E-state index contributed by atoms with van der Waals surface area (Å²) in [4.78, 5) is 18.8.